The van der Waals surface area contributed by atoms with Crippen molar-refractivity contribution in [3.63, 3.8) is 0 Å². The molecule has 1 aromatic carbocycles. The summed E-state index contributed by atoms with van der Waals surface area (Å²) in [7, 11) is 0. The Morgan fingerprint density at radius 1 is 1.15 bits per heavy atom. The molecule has 3 rings (SSSR count). The maximum atomic E-state index is 12.7. The Bertz CT molecular complexity index is 720. The maximum absolute atomic E-state index is 12.7. The smallest absolute Gasteiger partial charge is 0.290 e. The molecule has 2 aliphatic heterocycles. The van der Waals surface area contributed by atoms with Crippen LogP contribution < -0.4 is 4.74 Å². The lowest BCUT2D eigenvalue weighted by Crippen LogP contribution is -2.40. The van der Waals surface area contributed by atoms with Crippen LogP contribution in [0.15, 0.2) is 35.6 Å². The van der Waals surface area contributed by atoms with Gasteiger partial charge in [0.15, 0.2) is 11.5 Å². The Labute approximate surface area is 160 Å². The van der Waals surface area contributed by atoms with E-state index in [-0.39, 0.29) is 11.4 Å². The molecule has 0 bridgehead atoms. The van der Waals surface area contributed by atoms with Gasteiger partial charge in [0.05, 0.1) is 18.2 Å². The number of piperidine rings is 1. The van der Waals surface area contributed by atoms with Crippen molar-refractivity contribution >= 4 is 11.7 Å². The molecule has 1 aromatic rings. The van der Waals surface area contributed by atoms with Crippen LogP contribution in [0.4, 0.5) is 0 Å². The predicted octanol–water partition coefficient (Wildman–Crippen LogP) is 2.86. The van der Waals surface area contributed by atoms with Gasteiger partial charge in [0.25, 0.3) is 5.91 Å². The maximum Gasteiger partial charge on any atom is 0.290 e. The number of rotatable bonds is 7. The Balaban J connectivity index is 1.83. The number of hydrogen-bond donors (Lipinski definition) is 1. The van der Waals surface area contributed by atoms with Gasteiger partial charge in [-0.15, -0.1) is 0 Å². The zero-order chi connectivity index (χ0) is 19.4. The van der Waals surface area contributed by atoms with Crippen LogP contribution in [0.1, 0.15) is 44.7 Å². The zero-order valence-electron chi connectivity index (χ0n) is 16.1. The predicted molar refractivity (Wildman–Crippen MR) is 103 cm³/mol. The Kier molecular flexibility index (Phi) is 6.16. The molecule has 1 saturated heterocycles. The number of ketones is 1. The highest BCUT2D eigenvalue weighted by Crippen LogP contribution is 2.38. The Morgan fingerprint density at radius 3 is 2.41 bits per heavy atom. The number of likely N-dealkylation sites (tertiary alicyclic amines) is 1. The van der Waals surface area contributed by atoms with E-state index in [4.69, 9.17) is 4.74 Å². The molecule has 1 fully saturated rings. The average molecular weight is 372 g/mol. The van der Waals surface area contributed by atoms with Crippen LogP contribution >= 0.6 is 0 Å². The minimum atomic E-state index is -0.546. The molecular weight excluding hydrogens is 344 g/mol. The number of amides is 1. The summed E-state index contributed by atoms with van der Waals surface area (Å²) in [5, 5.41) is 10.3. The van der Waals surface area contributed by atoms with E-state index in [2.05, 4.69) is 4.90 Å². The first-order chi connectivity index (χ1) is 13.0. The Hall–Kier alpha value is -2.34. The summed E-state index contributed by atoms with van der Waals surface area (Å²) in [5.74, 6) is -0.417. The molecule has 1 unspecified atom stereocenters. The van der Waals surface area contributed by atoms with E-state index < -0.39 is 17.7 Å². The second-order valence-electron chi connectivity index (χ2n) is 7.12. The van der Waals surface area contributed by atoms with E-state index in [0.717, 1.165) is 30.9 Å². The molecule has 146 valence electrons. The number of ether oxygens (including phenoxy) is 1. The van der Waals surface area contributed by atoms with Crippen LogP contribution in [0.25, 0.3) is 0 Å². The van der Waals surface area contributed by atoms with Crippen molar-refractivity contribution < 1.29 is 19.4 Å². The second kappa shape index (κ2) is 8.57. The highest BCUT2D eigenvalue weighted by atomic mass is 16.5. The van der Waals surface area contributed by atoms with Gasteiger partial charge in [0, 0.05) is 13.1 Å². The zero-order valence-corrected chi connectivity index (χ0v) is 16.1. The molecule has 1 atom stereocenters. The first kappa shape index (κ1) is 19.4. The van der Waals surface area contributed by atoms with E-state index in [1.54, 1.807) is 4.90 Å². The molecular formula is C21H28N2O4. The van der Waals surface area contributed by atoms with Gasteiger partial charge in [0.2, 0.25) is 0 Å². The number of aliphatic hydroxyl groups is 1. The molecule has 0 radical (unpaired) electrons. The summed E-state index contributed by atoms with van der Waals surface area (Å²) in [4.78, 5) is 28.8. The van der Waals surface area contributed by atoms with E-state index in [9.17, 15) is 14.7 Å². The largest absolute Gasteiger partial charge is 0.503 e. The van der Waals surface area contributed by atoms with E-state index in [1.165, 1.54) is 26.2 Å². The number of carbonyl (C=O) groups is 2. The monoisotopic (exact) mass is 372 g/mol. The number of hydrogen-bond acceptors (Lipinski definition) is 5. The molecule has 0 spiro atoms. The molecule has 2 heterocycles. The van der Waals surface area contributed by atoms with E-state index in [0.29, 0.717) is 13.2 Å². The Morgan fingerprint density at radius 2 is 1.81 bits per heavy atom. The summed E-state index contributed by atoms with van der Waals surface area (Å²) in [6.07, 6.45) is 3.61. The number of carbonyl (C=O) groups excluding carboxylic acids is 2. The second-order valence-corrected chi connectivity index (χ2v) is 7.12. The fourth-order valence-electron chi connectivity index (χ4n) is 3.94. The van der Waals surface area contributed by atoms with Crippen LogP contribution in [0.5, 0.6) is 5.75 Å². The third-order valence-corrected chi connectivity index (χ3v) is 5.30. The number of benzene rings is 1. The molecule has 0 aromatic heterocycles. The van der Waals surface area contributed by atoms with Crippen LogP contribution in [-0.4, -0.2) is 59.4 Å². The average Bonchev–Trinajstić information content (AvgIpc) is 2.93. The van der Waals surface area contributed by atoms with Gasteiger partial charge in [-0.3, -0.25) is 9.59 Å². The highest BCUT2D eigenvalue weighted by Gasteiger charge is 2.42. The van der Waals surface area contributed by atoms with Crippen molar-refractivity contribution in [3.05, 3.63) is 41.2 Å². The minimum Gasteiger partial charge on any atom is -0.503 e. The van der Waals surface area contributed by atoms with Gasteiger partial charge in [-0.1, -0.05) is 18.6 Å². The number of nitrogens with zero attached hydrogens (tertiary/aromatic N) is 2. The molecule has 6 heteroatoms. The first-order valence-corrected chi connectivity index (χ1v) is 9.73. The van der Waals surface area contributed by atoms with Crippen molar-refractivity contribution in [2.45, 2.75) is 39.2 Å². The van der Waals surface area contributed by atoms with Gasteiger partial charge in [0.1, 0.15) is 5.75 Å². The third kappa shape index (κ3) is 4.16. The number of Topliss-reactive ketones (excluding diaryl/α,β-unsaturated/α-hetero) is 1. The van der Waals surface area contributed by atoms with Crippen molar-refractivity contribution in [1.29, 1.82) is 0 Å². The van der Waals surface area contributed by atoms with Crippen LogP contribution in [0.2, 0.25) is 0 Å². The minimum absolute atomic E-state index is 0.183. The van der Waals surface area contributed by atoms with Crippen LogP contribution in [-0.2, 0) is 9.59 Å². The van der Waals surface area contributed by atoms with Crippen molar-refractivity contribution in [1.82, 2.24) is 9.80 Å². The summed E-state index contributed by atoms with van der Waals surface area (Å²) < 4.78 is 5.48. The van der Waals surface area contributed by atoms with Crippen LogP contribution in [0.3, 0.4) is 0 Å². The highest BCUT2D eigenvalue weighted by molar-refractivity contribution is 6.08. The van der Waals surface area contributed by atoms with Gasteiger partial charge in [-0.2, -0.15) is 0 Å². The van der Waals surface area contributed by atoms with Crippen molar-refractivity contribution in [3.8, 4) is 5.75 Å². The number of aliphatic hydroxyl groups excluding tert-OH is 1. The summed E-state index contributed by atoms with van der Waals surface area (Å²) in [5.41, 5.74) is 0.988. The summed E-state index contributed by atoms with van der Waals surface area (Å²) >= 11 is 0. The van der Waals surface area contributed by atoms with E-state index >= 15 is 0 Å². The first-order valence-electron chi connectivity index (χ1n) is 9.73. The molecule has 1 amide bonds. The standard InChI is InChI=1S/C21H28N2O4/c1-3-27-17-9-7-16(8-10-17)19-18(15(2)24)20(25)21(26)23(19)14-13-22-11-5-4-6-12-22/h7-10,19,25H,3-6,11-14H2,1-2H3. The lowest BCUT2D eigenvalue weighted by molar-refractivity contribution is -0.129. The van der Waals surface area contributed by atoms with Crippen molar-refractivity contribution in [2.75, 3.05) is 32.8 Å². The third-order valence-electron chi connectivity index (χ3n) is 5.30. The quantitative estimate of drug-likeness (QED) is 0.797. The molecule has 1 N–H and O–H groups in total. The fraction of sp³-hybridized carbons (Fsp3) is 0.524. The van der Waals surface area contributed by atoms with Gasteiger partial charge < -0.3 is 19.6 Å². The SMILES string of the molecule is CCOc1ccc(C2C(C(C)=O)=C(O)C(=O)N2CCN2CCCCC2)cc1. The lowest BCUT2D eigenvalue weighted by Gasteiger charge is -2.31. The van der Waals surface area contributed by atoms with Gasteiger partial charge in [-0.25, -0.2) is 0 Å². The molecule has 0 saturated carbocycles. The van der Waals surface area contributed by atoms with Gasteiger partial charge in [-0.05, 0) is 57.5 Å². The van der Waals surface area contributed by atoms with Gasteiger partial charge >= 0.3 is 0 Å². The van der Waals surface area contributed by atoms with E-state index in [1.807, 2.05) is 31.2 Å². The normalized spacial score (nSPS) is 21.0. The summed E-state index contributed by atoms with van der Waals surface area (Å²) in [6, 6.07) is 6.84. The summed E-state index contributed by atoms with van der Waals surface area (Å²) in [6.45, 7) is 7.19. The molecule has 2 aliphatic rings. The van der Waals surface area contributed by atoms with Crippen LogP contribution in [0, 0.1) is 0 Å². The molecule has 27 heavy (non-hydrogen) atoms. The van der Waals surface area contributed by atoms with Crippen molar-refractivity contribution in [2.24, 2.45) is 0 Å². The molecule has 0 aliphatic carbocycles. The lowest BCUT2D eigenvalue weighted by atomic mass is 9.96. The molecule has 6 nitrogen and oxygen atoms in total. The fourth-order valence-corrected chi connectivity index (χ4v) is 3.94. The topological polar surface area (TPSA) is 70.1 Å².